The van der Waals surface area contributed by atoms with Crippen molar-refractivity contribution in [1.29, 1.82) is 0 Å². The van der Waals surface area contributed by atoms with E-state index in [2.05, 4.69) is 15.5 Å². The Morgan fingerprint density at radius 3 is 2.88 bits per heavy atom. The van der Waals surface area contributed by atoms with Crippen LogP contribution in [-0.4, -0.2) is 16.1 Å². The van der Waals surface area contributed by atoms with Crippen molar-refractivity contribution in [2.75, 3.05) is 5.32 Å². The predicted molar refractivity (Wildman–Crippen MR) is 67.0 cm³/mol. The number of nitrogens with zero attached hydrogens (tertiary/aromatic N) is 1. The van der Waals surface area contributed by atoms with E-state index in [4.69, 9.17) is 11.6 Å². The van der Waals surface area contributed by atoms with Gasteiger partial charge in [0.15, 0.2) is 0 Å². The zero-order chi connectivity index (χ0) is 12.1. The van der Waals surface area contributed by atoms with Crippen molar-refractivity contribution in [2.24, 2.45) is 0 Å². The number of carbonyl (C=O) groups is 1. The topological polar surface area (TPSA) is 57.8 Å². The zero-order valence-electron chi connectivity index (χ0n) is 9.11. The molecule has 0 unspecified atom stereocenters. The number of halogens is 1. The van der Waals surface area contributed by atoms with Gasteiger partial charge in [0, 0.05) is 17.5 Å². The lowest BCUT2D eigenvalue weighted by atomic mass is 10.1. The molecule has 0 fully saturated rings. The van der Waals surface area contributed by atoms with Crippen LogP contribution in [0.4, 0.5) is 5.82 Å². The van der Waals surface area contributed by atoms with Crippen LogP contribution in [0, 0.1) is 0 Å². The number of amides is 1. The summed E-state index contributed by atoms with van der Waals surface area (Å²) in [5.74, 6) is 0.545. The Hall–Kier alpha value is -1.81. The fourth-order valence-corrected chi connectivity index (χ4v) is 1.72. The summed E-state index contributed by atoms with van der Waals surface area (Å²) < 4.78 is 0. The van der Waals surface area contributed by atoms with Gasteiger partial charge >= 0.3 is 0 Å². The van der Waals surface area contributed by atoms with Gasteiger partial charge in [-0.05, 0) is 18.1 Å². The van der Waals surface area contributed by atoms with Crippen LogP contribution in [0.3, 0.4) is 0 Å². The van der Waals surface area contributed by atoms with Crippen LogP contribution in [0.15, 0.2) is 36.5 Å². The summed E-state index contributed by atoms with van der Waals surface area (Å²) in [5, 5.41) is 9.82. The first kappa shape index (κ1) is 11.7. The van der Waals surface area contributed by atoms with Gasteiger partial charge in [-0.15, -0.1) is 0 Å². The third-order valence-electron chi connectivity index (χ3n) is 2.35. The molecule has 88 valence electrons. The first-order valence-electron chi connectivity index (χ1n) is 5.28. The summed E-state index contributed by atoms with van der Waals surface area (Å²) in [6.45, 7) is 0. The van der Waals surface area contributed by atoms with Gasteiger partial charge in [-0.2, -0.15) is 5.10 Å². The Bertz CT molecular complexity index is 496. The minimum atomic E-state index is -0.0610. The van der Waals surface area contributed by atoms with Crippen molar-refractivity contribution >= 4 is 23.3 Å². The molecule has 5 heteroatoms. The maximum absolute atomic E-state index is 11.6. The second-order valence-electron chi connectivity index (χ2n) is 3.61. The minimum Gasteiger partial charge on any atom is -0.311 e. The number of nitrogens with one attached hydrogen (secondary N) is 2. The molecule has 1 aromatic carbocycles. The number of H-pyrrole nitrogens is 1. The third kappa shape index (κ3) is 3.32. The van der Waals surface area contributed by atoms with Crippen LogP contribution in [-0.2, 0) is 11.2 Å². The van der Waals surface area contributed by atoms with E-state index < -0.39 is 0 Å². The summed E-state index contributed by atoms with van der Waals surface area (Å²) in [7, 11) is 0. The summed E-state index contributed by atoms with van der Waals surface area (Å²) in [6, 6.07) is 9.23. The van der Waals surface area contributed by atoms with E-state index in [1.165, 1.54) is 0 Å². The van der Waals surface area contributed by atoms with E-state index in [-0.39, 0.29) is 5.91 Å². The van der Waals surface area contributed by atoms with Crippen LogP contribution in [0.5, 0.6) is 0 Å². The van der Waals surface area contributed by atoms with E-state index in [0.29, 0.717) is 23.7 Å². The SMILES string of the molecule is O=C(CCc1ccccc1Cl)Nc1ccn[nH]1. The van der Waals surface area contributed by atoms with Crippen molar-refractivity contribution in [3.63, 3.8) is 0 Å². The van der Waals surface area contributed by atoms with Gasteiger partial charge in [-0.3, -0.25) is 9.89 Å². The summed E-state index contributed by atoms with van der Waals surface area (Å²) in [4.78, 5) is 11.6. The lowest BCUT2D eigenvalue weighted by Gasteiger charge is -2.04. The number of aromatic nitrogens is 2. The molecule has 2 rings (SSSR count). The third-order valence-corrected chi connectivity index (χ3v) is 2.72. The quantitative estimate of drug-likeness (QED) is 0.875. The van der Waals surface area contributed by atoms with Crippen molar-refractivity contribution in [3.05, 3.63) is 47.1 Å². The van der Waals surface area contributed by atoms with E-state index in [1.807, 2.05) is 24.3 Å². The molecule has 4 nitrogen and oxygen atoms in total. The maximum atomic E-state index is 11.6. The van der Waals surface area contributed by atoms with Gasteiger partial charge in [0.2, 0.25) is 5.91 Å². The summed E-state index contributed by atoms with van der Waals surface area (Å²) >= 11 is 6.00. The monoisotopic (exact) mass is 249 g/mol. The van der Waals surface area contributed by atoms with Crippen molar-refractivity contribution in [3.8, 4) is 0 Å². The highest BCUT2D eigenvalue weighted by Gasteiger charge is 2.05. The molecule has 0 bridgehead atoms. The van der Waals surface area contributed by atoms with Crippen LogP contribution in [0.1, 0.15) is 12.0 Å². The first-order chi connectivity index (χ1) is 8.25. The Kier molecular flexibility index (Phi) is 3.77. The number of anilines is 1. The van der Waals surface area contributed by atoms with E-state index in [0.717, 1.165) is 5.56 Å². The highest BCUT2D eigenvalue weighted by Crippen LogP contribution is 2.16. The summed E-state index contributed by atoms with van der Waals surface area (Å²) in [5.41, 5.74) is 0.980. The fourth-order valence-electron chi connectivity index (χ4n) is 1.49. The second kappa shape index (κ2) is 5.50. The largest absolute Gasteiger partial charge is 0.311 e. The molecule has 2 N–H and O–H groups in total. The zero-order valence-corrected chi connectivity index (χ0v) is 9.87. The van der Waals surface area contributed by atoms with E-state index in [9.17, 15) is 4.79 Å². The molecule has 17 heavy (non-hydrogen) atoms. The van der Waals surface area contributed by atoms with E-state index >= 15 is 0 Å². The molecular weight excluding hydrogens is 238 g/mol. The average molecular weight is 250 g/mol. The van der Waals surface area contributed by atoms with Gasteiger partial charge < -0.3 is 5.32 Å². The average Bonchev–Trinajstić information content (AvgIpc) is 2.81. The van der Waals surface area contributed by atoms with Gasteiger partial charge in [0.1, 0.15) is 5.82 Å². The molecule has 0 saturated carbocycles. The number of benzene rings is 1. The molecular formula is C12H12ClN3O. The molecule has 0 spiro atoms. The predicted octanol–water partition coefficient (Wildman–Crippen LogP) is 2.63. The van der Waals surface area contributed by atoms with Crippen LogP contribution < -0.4 is 5.32 Å². The number of hydrogen-bond donors (Lipinski definition) is 2. The number of carbonyl (C=O) groups excluding carboxylic acids is 1. The first-order valence-corrected chi connectivity index (χ1v) is 5.66. The number of rotatable bonds is 4. The Morgan fingerprint density at radius 2 is 2.18 bits per heavy atom. The Labute approximate surface area is 104 Å². The molecule has 2 aromatic rings. The Balaban J connectivity index is 1.86. The van der Waals surface area contributed by atoms with Crippen molar-refractivity contribution in [1.82, 2.24) is 10.2 Å². The maximum Gasteiger partial charge on any atom is 0.225 e. The molecule has 0 aliphatic heterocycles. The molecule has 0 atom stereocenters. The molecule has 0 aliphatic carbocycles. The van der Waals surface area contributed by atoms with Crippen LogP contribution in [0.25, 0.3) is 0 Å². The van der Waals surface area contributed by atoms with Crippen molar-refractivity contribution in [2.45, 2.75) is 12.8 Å². The van der Waals surface area contributed by atoms with Gasteiger partial charge in [0.05, 0.1) is 6.20 Å². The number of hydrogen-bond acceptors (Lipinski definition) is 2. The highest BCUT2D eigenvalue weighted by atomic mass is 35.5. The molecule has 0 saturated heterocycles. The molecule has 1 amide bonds. The Morgan fingerprint density at radius 1 is 1.35 bits per heavy atom. The van der Waals surface area contributed by atoms with E-state index in [1.54, 1.807) is 12.3 Å². The smallest absolute Gasteiger partial charge is 0.225 e. The summed E-state index contributed by atoms with van der Waals surface area (Å²) in [6.07, 6.45) is 2.60. The number of aromatic amines is 1. The number of aryl methyl sites for hydroxylation is 1. The normalized spacial score (nSPS) is 10.2. The lowest BCUT2D eigenvalue weighted by molar-refractivity contribution is -0.116. The molecule has 0 radical (unpaired) electrons. The fraction of sp³-hybridized carbons (Fsp3) is 0.167. The van der Waals surface area contributed by atoms with Gasteiger partial charge in [0.25, 0.3) is 0 Å². The molecule has 1 heterocycles. The lowest BCUT2D eigenvalue weighted by Crippen LogP contribution is -2.12. The van der Waals surface area contributed by atoms with Crippen LogP contribution >= 0.6 is 11.6 Å². The van der Waals surface area contributed by atoms with Gasteiger partial charge in [-0.25, -0.2) is 0 Å². The highest BCUT2D eigenvalue weighted by molar-refractivity contribution is 6.31. The molecule has 0 aliphatic rings. The van der Waals surface area contributed by atoms with Gasteiger partial charge in [-0.1, -0.05) is 29.8 Å². The molecule has 1 aromatic heterocycles. The van der Waals surface area contributed by atoms with Crippen LogP contribution in [0.2, 0.25) is 5.02 Å². The minimum absolute atomic E-state index is 0.0610. The van der Waals surface area contributed by atoms with Crippen molar-refractivity contribution < 1.29 is 4.79 Å². The standard InChI is InChI=1S/C12H12ClN3O/c13-10-4-2-1-3-9(10)5-6-12(17)15-11-7-8-14-16-11/h1-4,7-8H,5-6H2,(H2,14,15,16,17). The second-order valence-corrected chi connectivity index (χ2v) is 4.02.